The topological polar surface area (TPSA) is 76.0 Å². The van der Waals surface area contributed by atoms with E-state index in [9.17, 15) is 9.59 Å². The van der Waals surface area contributed by atoms with E-state index < -0.39 is 0 Å². The third-order valence-electron chi connectivity index (χ3n) is 7.45. The molecular weight excluding hydrogens is 540 g/mol. The first-order valence-electron chi connectivity index (χ1n) is 13.4. The first-order valence-corrected chi connectivity index (χ1v) is 13.8. The van der Waals surface area contributed by atoms with Crippen LogP contribution in [0.5, 0.6) is 11.5 Å². The van der Waals surface area contributed by atoms with Crippen LogP contribution in [0.25, 0.3) is 16.9 Å². The highest BCUT2D eigenvalue weighted by molar-refractivity contribution is 6.31. The molecule has 1 aliphatic heterocycles. The van der Waals surface area contributed by atoms with Crippen LogP contribution in [0.3, 0.4) is 0 Å². The first-order chi connectivity index (χ1) is 19.8. The number of piperazine rings is 1. The van der Waals surface area contributed by atoms with E-state index in [4.69, 9.17) is 21.1 Å². The smallest absolute Gasteiger partial charge is 0.321 e. The summed E-state index contributed by atoms with van der Waals surface area (Å²) >= 11 is 6.21. The van der Waals surface area contributed by atoms with Gasteiger partial charge >= 0.3 is 6.03 Å². The number of anilines is 1. The Bertz CT molecular complexity index is 1580. The lowest BCUT2D eigenvalue weighted by atomic mass is 10.1. The number of methoxy groups -OCH3 is 2. The Labute approximate surface area is 245 Å². The quantitative estimate of drug-likeness (QED) is 0.289. The van der Waals surface area contributed by atoms with Gasteiger partial charge in [0, 0.05) is 54.3 Å². The zero-order valence-electron chi connectivity index (χ0n) is 23.6. The standard InChI is InChI=1S/C32H33ClN4O4/c1-21-10-11-24(18-27(21)33)34-32(39)36-16-14-35(15-17-36)31(38)26-20-28(23-8-6-5-7-9-23)37(22(26)2)25-12-13-29(40-3)30(19-25)41-4/h5-13,18-20H,14-17H2,1-4H3,(H,34,39). The van der Waals surface area contributed by atoms with Crippen molar-refractivity contribution in [3.05, 3.63) is 94.6 Å². The minimum atomic E-state index is -0.209. The van der Waals surface area contributed by atoms with Crippen molar-refractivity contribution in [1.82, 2.24) is 14.4 Å². The molecule has 2 heterocycles. The molecule has 0 bridgehead atoms. The number of amides is 3. The molecule has 0 saturated carbocycles. The number of rotatable bonds is 6. The van der Waals surface area contributed by atoms with E-state index in [1.807, 2.05) is 85.5 Å². The number of aromatic nitrogens is 1. The number of urea groups is 1. The fourth-order valence-electron chi connectivity index (χ4n) is 5.10. The SMILES string of the molecule is COc1ccc(-n2c(-c3ccccc3)cc(C(=O)N3CCN(C(=O)Nc4ccc(C)c(Cl)c4)CC3)c2C)cc1OC. The average molecular weight is 573 g/mol. The Hall–Kier alpha value is -4.43. The van der Waals surface area contributed by atoms with Crippen LogP contribution in [-0.4, -0.2) is 66.7 Å². The molecule has 0 atom stereocenters. The Morgan fingerprint density at radius 3 is 2.15 bits per heavy atom. The summed E-state index contributed by atoms with van der Waals surface area (Å²) in [5.74, 6) is 1.17. The molecule has 4 aromatic rings. The lowest BCUT2D eigenvalue weighted by molar-refractivity contribution is 0.0671. The molecule has 1 aliphatic rings. The molecule has 1 N–H and O–H groups in total. The predicted molar refractivity (Wildman–Crippen MR) is 162 cm³/mol. The van der Waals surface area contributed by atoms with Gasteiger partial charge in [0.15, 0.2) is 11.5 Å². The normalized spacial score (nSPS) is 13.2. The molecule has 1 fully saturated rings. The molecular formula is C32H33ClN4O4. The van der Waals surface area contributed by atoms with E-state index >= 15 is 0 Å². The molecule has 1 saturated heterocycles. The van der Waals surface area contributed by atoms with Gasteiger partial charge in [0.05, 0.1) is 25.5 Å². The number of hydrogen-bond acceptors (Lipinski definition) is 4. The molecule has 0 radical (unpaired) electrons. The number of carbonyl (C=O) groups is 2. The maximum atomic E-state index is 13.8. The van der Waals surface area contributed by atoms with Crippen LogP contribution in [0.1, 0.15) is 21.6 Å². The number of carbonyl (C=O) groups excluding carboxylic acids is 2. The van der Waals surface area contributed by atoms with Crippen LogP contribution in [0.2, 0.25) is 5.02 Å². The van der Waals surface area contributed by atoms with E-state index in [-0.39, 0.29) is 11.9 Å². The van der Waals surface area contributed by atoms with Gasteiger partial charge < -0.3 is 29.2 Å². The highest BCUT2D eigenvalue weighted by Gasteiger charge is 2.28. The second-order valence-electron chi connectivity index (χ2n) is 9.94. The lowest BCUT2D eigenvalue weighted by Crippen LogP contribution is -2.51. The van der Waals surface area contributed by atoms with Crippen molar-refractivity contribution >= 4 is 29.2 Å². The Balaban J connectivity index is 1.38. The summed E-state index contributed by atoms with van der Waals surface area (Å²) in [7, 11) is 3.21. The van der Waals surface area contributed by atoms with Gasteiger partial charge in [-0.3, -0.25) is 4.79 Å². The van der Waals surface area contributed by atoms with E-state index in [0.29, 0.717) is 54.0 Å². The van der Waals surface area contributed by atoms with E-state index in [1.165, 1.54) is 0 Å². The highest BCUT2D eigenvalue weighted by Crippen LogP contribution is 2.35. The van der Waals surface area contributed by atoms with E-state index in [0.717, 1.165) is 28.2 Å². The monoisotopic (exact) mass is 572 g/mol. The number of nitrogens with zero attached hydrogens (tertiary/aromatic N) is 3. The van der Waals surface area contributed by atoms with Gasteiger partial charge in [0.25, 0.3) is 5.91 Å². The van der Waals surface area contributed by atoms with E-state index in [1.54, 1.807) is 25.2 Å². The molecule has 0 unspecified atom stereocenters. The fraction of sp³-hybridized carbons (Fsp3) is 0.250. The summed E-state index contributed by atoms with van der Waals surface area (Å²) in [4.78, 5) is 30.2. The summed E-state index contributed by atoms with van der Waals surface area (Å²) < 4.78 is 13.1. The molecule has 41 heavy (non-hydrogen) atoms. The number of ether oxygens (including phenoxy) is 2. The van der Waals surface area contributed by atoms with Crippen molar-refractivity contribution in [2.45, 2.75) is 13.8 Å². The van der Waals surface area contributed by atoms with Crippen LogP contribution < -0.4 is 14.8 Å². The third-order valence-corrected chi connectivity index (χ3v) is 7.86. The second kappa shape index (κ2) is 12.0. The molecule has 3 aromatic carbocycles. The predicted octanol–water partition coefficient (Wildman–Crippen LogP) is 6.42. The zero-order valence-corrected chi connectivity index (χ0v) is 24.4. The summed E-state index contributed by atoms with van der Waals surface area (Å²) in [5, 5.41) is 3.51. The summed E-state index contributed by atoms with van der Waals surface area (Å²) in [6.45, 7) is 5.59. The summed E-state index contributed by atoms with van der Waals surface area (Å²) in [5.41, 5.74) is 5.77. The van der Waals surface area contributed by atoms with Gasteiger partial charge in [-0.15, -0.1) is 0 Å². The highest BCUT2D eigenvalue weighted by atomic mass is 35.5. The van der Waals surface area contributed by atoms with Crippen molar-refractivity contribution in [2.75, 3.05) is 45.7 Å². The van der Waals surface area contributed by atoms with Crippen molar-refractivity contribution in [1.29, 1.82) is 0 Å². The van der Waals surface area contributed by atoms with Crippen molar-refractivity contribution in [3.63, 3.8) is 0 Å². The molecule has 0 spiro atoms. The molecule has 3 amide bonds. The van der Waals surface area contributed by atoms with Crippen molar-refractivity contribution < 1.29 is 19.1 Å². The maximum absolute atomic E-state index is 13.8. The number of nitrogens with one attached hydrogen (secondary N) is 1. The van der Waals surface area contributed by atoms with Gasteiger partial charge in [-0.25, -0.2) is 4.79 Å². The van der Waals surface area contributed by atoms with Crippen LogP contribution >= 0.6 is 11.6 Å². The first kappa shape index (κ1) is 28.1. The van der Waals surface area contributed by atoms with Crippen molar-refractivity contribution in [2.24, 2.45) is 0 Å². The van der Waals surface area contributed by atoms with Crippen LogP contribution in [0.15, 0.2) is 72.8 Å². The number of hydrogen-bond donors (Lipinski definition) is 1. The zero-order chi connectivity index (χ0) is 29.1. The van der Waals surface area contributed by atoms with Gasteiger partial charge in [-0.1, -0.05) is 48.0 Å². The fourth-order valence-corrected chi connectivity index (χ4v) is 5.28. The average Bonchev–Trinajstić information content (AvgIpc) is 3.35. The Kier molecular flexibility index (Phi) is 8.21. The maximum Gasteiger partial charge on any atom is 0.321 e. The minimum absolute atomic E-state index is 0.0655. The van der Waals surface area contributed by atoms with Gasteiger partial charge in [0.1, 0.15) is 0 Å². The summed E-state index contributed by atoms with van der Waals surface area (Å²) in [6, 6.07) is 22.9. The van der Waals surface area contributed by atoms with Crippen LogP contribution in [0, 0.1) is 13.8 Å². The Morgan fingerprint density at radius 1 is 0.805 bits per heavy atom. The van der Waals surface area contributed by atoms with Crippen molar-refractivity contribution in [3.8, 4) is 28.4 Å². The van der Waals surface area contributed by atoms with Gasteiger partial charge in [-0.05, 0) is 55.3 Å². The third kappa shape index (κ3) is 5.74. The number of aryl methyl sites for hydroxylation is 1. The molecule has 0 aliphatic carbocycles. The molecule has 212 valence electrons. The van der Waals surface area contributed by atoms with Crippen LogP contribution in [-0.2, 0) is 0 Å². The molecule has 5 rings (SSSR count). The lowest BCUT2D eigenvalue weighted by Gasteiger charge is -2.34. The molecule has 9 heteroatoms. The molecule has 8 nitrogen and oxygen atoms in total. The number of benzene rings is 3. The summed E-state index contributed by atoms with van der Waals surface area (Å²) in [6.07, 6.45) is 0. The van der Waals surface area contributed by atoms with Gasteiger partial charge in [0.2, 0.25) is 0 Å². The minimum Gasteiger partial charge on any atom is -0.493 e. The number of halogens is 1. The second-order valence-corrected chi connectivity index (χ2v) is 10.3. The van der Waals surface area contributed by atoms with Crippen LogP contribution in [0.4, 0.5) is 10.5 Å². The van der Waals surface area contributed by atoms with Gasteiger partial charge in [-0.2, -0.15) is 0 Å². The van der Waals surface area contributed by atoms with E-state index in [2.05, 4.69) is 9.88 Å². The Morgan fingerprint density at radius 2 is 1.49 bits per heavy atom. The largest absolute Gasteiger partial charge is 0.493 e. The molecule has 1 aromatic heterocycles.